The number of dihydropyridines is 1. The quantitative estimate of drug-likeness (QED) is 0.655. The first-order valence-electron chi connectivity index (χ1n) is 6.30. The molecule has 1 unspecified atom stereocenters. The number of nitrogens with one attached hydrogen (secondary N) is 1. The summed E-state index contributed by atoms with van der Waals surface area (Å²) < 4.78 is 24.0. The van der Waals surface area contributed by atoms with Gasteiger partial charge in [0, 0.05) is 17.7 Å². The highest BCUT2D eigenvalue weighted by Gasteiger charge is 2.26. The summed E-state index contributed by atoms with van der Waals surface area (Å²) in [6, 6.07) is 2.22. The van der Waals surface area contributed by atoms with Crippen LogP contribution in [0.2, 0.25) is 5.02 Å². The summed E-state index contributed by atoms with van der Waals surface area (Å²) in [5.74, 6) is -1.44. The van der Waals surface area contributed by atoms with E-state index in [4.69, 9.17) is 21.5 Å². The lowest BCUT2D eigenvalue weighted by Gasteiger charge is -2.21. The number of esters is 1. The molecule has 2 N–H and O–H groups in total. The molecule has 0 aliphatic carbocycles. The van der Waals surface area contributed by atoms with Gasteiger partial charge in [-0.3, -0.25) is 15.7 Å². The van der Waals surface area contributed by atoms with E-state index in [0.29, 0.717) is 5.70 Å². The van der Waals surface area contributed by atoms with Crippen LogP contribution in [0.15, 0.2) is 28.9 Å². The number of carbonyl (C=O) groups excluding carboxylic acids is 1. The Hall–Kier alpha value is -2.12. The minimum Gasteiger partial charge on any atom is -0.492 e. The van der Waals surface area contributed by atoms with Gasteiger partial charge in [-0.1, -0.05) is 17.7 Å². The van der Waals surface area contributed by atoms with E-state index in [0.717, 1.165) is 0 Å². The van der Waals surface area contributed by atoms with Gasteiger partial charge < -0.3 is 9.47 Å². The molecule has 22 heavy (non-hydrogen) atoms. The van der Waals surface area contributed by atoms with Crippen molar-refractivity contribution in [2.45, 2.75) is 12.5 Å². The second-order valence-electron chi connectivity index (χ2n) is 4.49. The van der Waals surface area contributed by atoms with Crippen LogP contribution >= 0.6 is 11.6 Å². The van der Waals surface area contributed by atoms with Gasteiger partial charge in [0.25, 0.3) is 0 Å². The Morgan fingerprint density at radius 2 is 2.23 bits per heavy atom. The van der Waals surface area contributed by atoms with Crippen LogP contribution in [-0.4, -0.2) is 31.1 Å². The predicted molar refractivity (Wildman–Crippen MR) is 77.8 cm³/mol. The molecule has 6 nitrogen and oxygen atoms in total. The van der Waals surface area contributed by atoms with Crippen LogP contribution in [0, 0.1) is 5.82 Å². The summed E-state index contributed by atoms with van der Waals surface area (Å²) in [5, 5.41) is 9.21. The molecule has 1 aromatic carbocycles. The van der Waals surface area contributed by atoms with Crippen molar-refractivity contribution in [1.29, 1.82) is 0 Å². The summed E-state index contributed by atoms with van der Waals surface area (Å²) in [6.45, 7) is 0. The van der Waals surface area contributed by atoms with Crippen LogP contribution in [0.1, 0.15) is 18.0 Å². The van der Waals surface area contributed by atoms with Gasteiger partial charge in [0.1, 0.15) is 5.71 Å². The van der Waals surface area contributed by atoms with Crippen LogP contribution in [0.3, 0.4) is 0 Å². The molecule has 0 aromatic heterocycles. The van der Waals surface area contributed by atoms with Crippen molar-refractivity contribution in [2.24, 2.45) is 4.99 Å². The molecule has 1 aliphatic rings. The van der Waals surface area contributed by atoms with Crippen LogP contribution < -0.4 is 10.2 Å². The standard InChI is InChI=1S/C14H14ClFN2O4/c1-21-13-9(15)4-3-8(12(13)16)10-5-7(18-20)6-11(17-10)14(19)22-2/h3-4,6,10,18,20H,5H2,1-2H3. The smallest absolute Gasteiger partial charge is 0.356 e. The molecule has 0 bridgehead atoms. The minimum absolute atomic E-state index is 0.0244. The van der Waals surface area contributed by atoms with E-state index in [2.05, 4.69) is 9.73 Å². The molecule has 1 aromatic rings. The molecule has 0 saturated carbocycles. The number of hydroxylamine groups is 1. The van der Waals surface area contributed by atoms with Gasteiger partial charge in [-0.25, -0.2) is 9.18 Å². The Balaban J connectivity index is 2.47. The highest BCUT2D eigenvalue weighted by atomic mass is 35.5. The van der Waals surface area contributed by atoms with Gasteiger partial charge in [-0.05, 0) is 12.1 Å². The Kier molecular flexibility index (Phi) is 4.99. The monoisotopic (exact) mass is 328 g/mol. The van der Waals surface area contributed by atoms with Gasteiger partial charge in [-0.2, -0.15) is 0 Å². The minimum atomic E-state index is -0.722. The van der Waals surface area contributed by atoms with E-state index in [-0.39, 0.29) is 28.5 Å². The third-order valence-corrected chi connectivity index (χ3v) is 3.50. The Labute approximate surface area is 131 Å². The average Bonchev–Trinajstić information content (AvgIpc) is 2.54. The maximum Gasteiger partial charge on any atom is 0.356 e. The molecular formula is C14H14ClFN2O4. The van der Waals surface area contributed by atoms with Crippen molar-refractivity contribution in [1.82, 2.24) is 5.48 Å². The third kappa shape index (κ3) is 3.05. The molecule has 1 heterocycles. The molecule has 0 radical (unpaired) electrons. The molecule has 0 saturated heterocycles. The topological polar surface area (TPSA) is 80.2 Å². The third-order valence-electron chi connectivity index (χ3n) is 3.20. The van der Waals surface area contributed by atoms with Crippen molar-refractivity contribution in [2.75, 3.05) is 14.2 Å². The van der Waals surface area contributed by atoms with Gasteiger partial charge >= 0.3 is 5.97 Å². The highest BCUT2D eigenvalue weighted by Crippen LogP contribution is 2.36. The number of benzene rings is 1. The van der Waals surface area contributed by atoms with E-state index in [9.17, 15) is 9.18 Å². The lowest BCUT2D eigenvalue weighted by molar-refractivity contribution is -0.132. The summed E-state index contributed by atoms with van der Waals surface area (Å²) >= 11 is 5.86. The Bertz CT molecular complexity index is 660. The van der Waals surface area contributed by atoms with E-state index < -0.39 is 17.8 Å². The van der Waals surface area contributed by atoms with Crippen molar-refractivity contribution < 1.29 is 23.9 Å². The van der Waals surface area contributed by atoms with Gasteiger partial charge in [-0.15, -0.1) is 0 Å². The molecular weight excluding hydrogens is 315 g/mol. The van der Waals surface area contributed by atoms with Crippen molar-refractivity contribution >= 4 is 23.3 Å². The number of nitrogens with zero attached hydrogens (tertiary/aromatic N) is 1. The van der Waals surface area contributed by atoms with Crippen LogP contribution in [0.25, 0.3) is 0 Å². The zero-order chi connectivity index (χ0) is 16.3. The van der Waals surface area contributed by atoms with Gasteiger partial charge in [0.15, 0.2) is 11.6 Å². The van der Waals surface area contributed by atoms with Crippen LogP contribution in [-0.2, 0) is 9.53 Å². The fraction of sp³-hybridized carbons (Fsp3) is 0.286. The number of halogens is 2. The number of hydrogen-bond acceptors (Lipinski definition) is 6. The molecule has 1 aliphatic heterocycles. The molecule has 0 spiro atoms. The molecule has 118 valence electrons. The second-order valence-corrected chi connectivity index (χ2v) is 4.90. The second kappa shape index (κ2) is 6.76. The fourth-order valence-corrected chi connectivity index (χ4v) is 2.37. The molecule has 0 fully saturated rings. The number of hydrogen-bond donors (Lipinski definition) is 2. The number of aliphatic imine (C=N–C) groups is 1. The zero-order valence-electron chi connectivity index (χ0n) is 11.9. The average molecular weight is 329 g/mol. The van der Waals surface area contributed by atoms with E-state index in [1.165, 1.54) is 32.4 Å². The Morgan fingerprint density at radius 1 is 1.50 bits per heavy atom. The molecule has 8 heteroatoms. The highest BCUT2D eigenvalue weighted by molar-refractivity contribution is 6.41. The van der Waals surface area contributed by atoms with Crippen molar-refractivity contribution in [3.63, 3.8) is 0 Å². The summed E-state index contributed by atoms with van der Waals surface area (Å²) in [4.78, 5) is 15.8. The normalized spacial score (nSPS) is 17.4. The van der Waals surface area contributed by atoms with E-state index in [1.807, 2.05) is 5.48 Å². The number of ether oxygens (including phenoxy) is 2. The van der Waals surface area contributed by atoms with Gasteiger partial charge in [0.2, 0.25) is 0 Å². The Morgan fingerprint density at radius 3 is 2.82 bits per heavy atom. The number of rotatable bonds is 4. The lowest BCUT2D eigenvalue weighted by Crippen LogP contribution is -2.23. The largest absolute Gasteiger partial charge is 0.492 e. The summed E-state index contributed by atoms with van der Waals surface area (Å²) in [6.07, 6.45) is 1.52. The number of carbonyl (C=O) groups is 1. The van der Waals surface area contributed by atoms with Crippen molar-refractivity contribution in [3.8, 4) is 5.75 Å². The first-order chi connectivity index (χ1) is 10.5. The lowest BCUT2D eigenvalue weighted by atomic mass is 9.98. The molecule has 1 atom stereocenters. The maximum absolute atomic E-state index is 14.5. The maximum atomic E-state index is 14.5. The summed E-state index contributed by atoms with van der Waals surface area (Å²) in [7, 11) is 2.51. The molecule has 0 amide bonds. The van der Waals surface area contributed by atoms with Crippen LogP contribution in [0.4, 0.5) is 4.39 Å². The summed E-state index contributed by atoms with van der Waals surface area (Å²) in [5.41, 5.74) is 2.45. The van der Waals surface area contributed by atoms with Crippen LogP contribution in [0.5, 0.6) is 5.75 Å². The van der Waals surface area contributed by atoms with Crippen molar-refractivity contribution in [3.05, 3.63) is 40.3 Å². The van der Waals surface area contributed by atoms with E-state index in [1.54, 1.807) is 0 Å². The number of methoxy groups -OCH3 is 2. The van der Waals surface area contributed by atoms with Gasteiger partial charge in [0.05, 0.1) is 25.3 Å². The fourth-order valence-electron chi connectivity index (χ4n) is 2.15. The zero-order valence-corrected chi connectivity index (χ0v) is 12.6. The first-order valence-corrected chi connectivity index (χ1v) is 6.68. The first kappa shape index (κ1) is 16.3. The predicted octanol–water partition coefficient (Wildman–Crippen LogP) is 2.41. The SMILES string of the molecule is COC(=O)C1=NC(c2ccc(Cl)c(OC)c2F)CC(NO)=C1. The van der Waals surface area contributed by atoms with E-state index >= 15 is 0 Å². The molecule has 2 rings (SSSR count).